The van der Waals surface area contributed by atoms with E-state index < -0.39 is 0 Å². The van der Waals surface area contributed by atoms with E-state index in [1.54, 1.807) is 7.11 Å². The van der Waals surface area contributed by atoms with E-state index >= 15 is 0 Å². The Kier molecular flexibility index (Phi) is 6.37. The Balaban J connectivity index is 2.14. The van der Waals surface area contributed by atoms with Crippen molar-refractivity contribution in [2.45, 2.75) is 12.8 Å². The number of rotatable bonds is 6. The summed E-state index contributed by atoms with van der Waals surface area (Å²) in [6.45, 7) is 4.39. The molecule has 5 heteroatoms. The number of hydrogen-bond donors (Lipinski definition) is 2. The minimum atomic E-state index is 0.0793. The van der Waals surface area contributed by atoms with E-state index in [0.29, 0.717) is 25.6 Å². The number of methoxy groups -OCH3 is 1. The predicted octanol–water partition coefficient (Wildman–Crippen LogP) is -0.580. The number of amides is 1. The van der Waals surface area contributed by atoms with Gasteiger partial charge in [-0.2, -0.15) is 0 Å². The molecule has 1 saturated heterocycles. The highest BCUT2D eigenvalue weighted by molar-refractivity contribution is 5.77. The van der Waals surface area contributed by atoms with Gasteiger partial charge in [-0.3, -0.25) is 9.69 Å². The van der Waals surface area contributed by atoms with Gasteiger partial charge < -0.3 is 15.8 Å². The van der Waals surface area contributed by atoms with Crippen LogP contribution in [0.4, 0.5) is 0 Å². The van der Waals surface area contributed by atoms with Crippen LogP contribution in [0.3, 0.4) is 0 Å². The maximum Gasteiger partial charge on any atom is 0.234 e. The average molecular weight is 229 g/mol. The Bertz CT molecular complexity index is 203. The molecule has 1 aliphatic rings. The third-order valence-electron chi connectivity index (χ3n) is 2.94. The summed E-state index contributed by atoms with van der Waals surface area (Å²) in [5.74, 6) is 0.740. The molecule has 1 fully saturated rings. The molecule has 1 heterocycles. The minimum absolute atomic E-state index is 0.0793. The lowest BCUT2D eigenvalue weighted by molar-refractivity contribution is -0.122. The van der Waals surface area contributed by atoms with Crippen LogP contribution in [0.1, 0.15) is 12.8 Å². The number of nitrogens with one attached hydrogen (secondary N) is 1. The van der Waals surface area contributed by atoms with Gasteiger partial charge in [0.15, 0.2) is 0 Å². The van der Waals surface area contributed by atoms with Crippen LogP contribution in [0, 0.1) is 5.92 Å². The lowest BCUT2D eigenvalue weighted by Crippen LogP contribution is -2.43. The molecule has 0 aromatic carbocycles. The second kappa shape index (κ2) is 7.60. The van der Waals surface area contributed by atoms with Crippen LogP contribution in [-0.4, -0.2) is 57.2 Å². The summed E-state index contributed by atoms with van der Waals surface area (Å²) in [6, 6.07) is 0. The normalized spacial score (nSPS) is 18.6. The van der Waals surface area contributed by atoms with Gasteiger partial charge in [-0.1, -0.05) is 0 Å². The third kappa shape index (κ3) is 4.92. The number of piperidine rings is 1. The van der Waals surface area contributed by atoms with E-state index in [1.807, 2.05) is 0 Å². The molecule has 5 nitrogen and oxygen atoms in total. The molecule has 1 rings (SSSR count). The number of likely N-dealkylation sites (tertiary alicyclic amines) is 1. The standard InChI is InChI=1S/C11H23N3O2/c1-16-9-10-2-6-14(7-3-10)8-11(15)13-5-4-12/h10H,2-9,12H2,1H3,(H,13,15). The molecule has 0 bridgehead atoms. The monoisotopic (exact) mass is 229 g/mol. The second-order valence-electron chi connectivity index (χ2n) is 4.31. The van der Waals surface area contributed by atoms with Crippen molar-refractivity contribution in [1.82, 2.24) is 10.2 Å². The molecular formula is C11H23N3O2. The summed E-state index contributed by atoms with van der Waals surface area (Å²) in [6.07, 6.45) is 2.25. The first kappa shape index (κ1) is 13.4. The first-order valence-corrected chi connectivity index (χ1v) is 5.94. The first-order valence-electron chi connectivity index (χ1n) is 5.94. The molecule has 16 heavy (non-hydrogen) atoms. The molecular weight excluding hydrogens is 206 g/mol. The summed E-state index contributed by atoms with van der Waals surface area (Å²) in [5, 5.41) is 2.79. The number of carbonyl (C=O) groups is 1. The van der Waals surface area contributed by atoms with E-state index in [2.05, 4.69) is 10.2 Å². The molecule has 1 amide bonds. The number of nitrogens with zero attached hydrogens (tertiary/aromatic N) is 1. The number of ether oxygens (including phenoxy) is 1. The molecule has 0 unspecified atom stereocenters. The Hall–Kier alpha value is -0.650. The van der Waals surface area contributed by atoms with Gasteiger partial charge in [0, 0.05) is 26.8 Å². The molecule has 0 radical (unpaired) electrons. The fraction of sp³-hybridized carbons (Fsp3) is 0.909. The largest absolute Gasteiger partial charge is 0.384 e. The maximum absolute atomic E-state index is 11.4. The molecule has 0 atom stereocenters. The first-order chi connectivity index (χ1) is 7.76. The zero-order valence-corrected chi connectivity index (χ0v) is 10.1. The van der Waals surface area contributed by atoms with Crippen LogP contribution in [0.5, 0.6) is 0 Å². The number of carbonyl (C=O) groups excluding carboxylic acids is 1. The van der Waals surface area contributed by atoms with Crippen molar-refractivity contribution < 1.29 is 9.53 Å². The smallest absolute Gasteiger partial charge is 0.234 e. The fourth-order valence-electron chi connectivity index (χ4n) is 2.02. The Morgan fingerprint density at radius 1 is 1.50 bits per heavy atom. The molecule has 0 aliphatic carbocycles. The summed E-state index contributed by atoms with van der Waals surface area (Å²) in [7, 11) is 1.74. The van der Waals surface area contributed by atoms with E-state index in [9.17, 15) is 4.79 Å². The van der Waals surface area contributed by atoms with Crippen LogP contribution in [-0.2, 0) is 9.53 Å². The van der Waals surface area contributed by atoms with Crippen molar-refractivity contribution in [2.75, 3.05) is 46.4 Å². The van der Waals surface area contributed by atoms with Crippen LogP contribution in [0.15, 0.2) is 0 Å². The molecule has 94 valence electrons. The highest BCUT2D eigenvalue weighted by Gasteiger charge is 2.20. The van der Waals surface area contributed by atoms with Gasteiger partial charge >= 0.3 is 0 Å². The van der Waals surface area contributed by atoms with Gasteiger partial charge in [0.2, 0.25) is 5.91 Å². The van der Waals surface area contributed by atoms with Crippen molar-refractivity contribution in [2.24, 2.45) is 11.7 Å². The zero-order valence-electron chi connectivity index (χ0n) is 10.1. The molecule has 1 aliphatic heterocycles. The highest BCUT2D eigenvalue weighted by Crippen LogP contribution is 2.16. The van der Waals surface area contributed by atoms with Crippen molar-refractivity contribution in [3.8, 4) is 0 Å². The van der Waals surface area contributed by atoms with Gasteiger partial charge in [0.05, 0.1) is 6.54 Å². The van der Waals surface area contributed by atoms with E-state index in [4.69, 9.17) is 10.5 Å². The minimum Gasteiger partial charge on any atom is -0.384 e. The maximum atomic E-state index is 11.4. The quantitative estimate of drug-likeness (QED) is 0.639. The zero-order chi connectivity index (χ0) is 11.8. The van der Waals surface area contributed by atoms with Gasteiger partial charge in [0.25, 0.3) is 0 Å². The number of nitrogens with two attached hydrogens (primary N) is 1. The third-order valence-corrected chi connectivity index (χ3v) is 2.94. The number of hydrogen-bond acceptors (Lipinski definition) is 4. The van der Waals surface area contributed by atoms with Crippen LogP contribution < -0.4 is 11.1 Å². The average Bonchev–Trinajstić information content (AvgIpc) is 2.29. The lowest BCUT2D eigenvalue weighted by Gasteiger charge is -2.30. The van der Waals surface area contributed by atoms with Gasteiger partial charge in [-0.25, -0.2) is 0 Å². The second-order valence-corrected chi connectivity index (χ2v) is 4.31. The molecule has 3 N–H and O–H groups in total. The van der Waals surface area contributed by atoms with Crippen LogP contribution >= 0.6 is 0 Å². The summed E-state index contributed by atoms with van der Waals surface area (Å²) < 4.78 is 5.14. The van der Waals surface area contributed by atoms with Crippen molar-refractivity contribution in [1.29, 1.82) is 0 Å². The molecule has 0 saturated carbocycles. The summed E-state index contributed by atoms with van der Waals surface area (Å²) >= 11 is 0. The van der Waals surface area contributed by atoms with Gasteiger partial charge in [-0.05, 0) is 31.8 Å². The summed E-state index contributed by atoms with van der Waals surface area (Å²) in [4.78, 5) is 13.6. The van der Waals surface area contributed by atoms with Gasteiger partial charge in [0.1, 0.15) is 0 Å². The predicted molar refractivity (Wildman–Crippen MR) is 63.1 cm³/mol. The molecule has 0 aromatic heterocycles. The van der Waals surface area contributed by atoms with Crippen LogP contribution in [0.2, 0.25) is 0 Å². The summed E-state index contributed by atoms with van der Waals surface area (Å²) in [5.41, 5.74) is 5.32. The Morgan fingerprint density at radius 2 is 2.19 bits per heavy atom. The van der Waals surface area contributed by atoms with E-state index in [0.717, 1.165) is 32.5 Å². The topological polar surface area (TPSA) is 67.6 Å². The molecule has 0 aromatic rings. The highest BCUT2D eigenvalue weighted by atomic mass is 16.5. The Morgan fingerprint density at radius 3 is 2.75 bits per heavy atom. The Labute approximate surface area is 97.3 Å². The molecule has 0 spiro atoms. The van der Waals surface area contributed by atoms with Gasteiger partial charge in [-0.15, -0.1) is 0 Å². The van der Waals surface area contributed by atoms with Crippen molar-refractivity contribution in [3.63, 3.8) is 0 Å². The van der Waals surface area contributed by atoms with Crippen LogP contribution in [0.25, 0.3) is 0 Å². The fourth-order valence-corrected chi connectivity index (χ4v) is 2.02. The SMILES string of the molecule is COCC1CCN(CC(=O)NCCN)CC1. The van der Waals surface area contributed by atoms with Crippen molar-refractivity contribution in [3.05, 3.63) is 0 Å². The van der Waals surface area contributed by atoms with Crippen molar-refractivity contribution >= 4 is 5.91 Å². The van der Waals surface area contributed by atoms with E-state index in [-0.39, 0.29) is 5.91 Å². The lowest BCUT2D eigenvalue weighted by atomic mass is 9.98. The van der Waals surface area contributed by atoms with E-state index in [1.165, 1.54) is 0 Å².